The number of carbonyl (C=O) groups is 2. The first kappa shape index (κ1) is 22.1. The van der Waals surface area contributed by atoms with Crippen LogP contribution in [0.5, 0.6) is 0 Å². The van der Waals surface area contributed by atoms with Crippen LogP contribution in [0, 0.1) is 5.41 Å². The van der Waals surface area contributed by atoms with E-state index in [2.05, 4.69) is 8.92 Å². The SMILES string of the molecule is COC(=O)C1(C)CN(C(=O)OC(C)(C)C)CC=C1OS(=O)(=O)C(F)(F)F. The molecule has 1 unspecified atom stereocenters. The first-order chi connectivity index (χ1) is 11.5. The fourth-order valence-electron chi connectivity index (χ4n) is 2.09. The number of carbonyl (C=O) groups excluding carboxylic acids is 2. The third-order valence-electron chi connectivity index (χ3n) is 3.32. The lowest BCUT2D eigenvalue weighted by atomic mass is 9.85. The predicted molar refractivity (Wildman–Crippen MR) is 82.1 cm³/mol. The molecule has 0 saturated carbocycles. The fraction of sp³-hybridized carbons (Fsp3) is 0.714. The van der Waals surface area contributed by atoms with Crippen molar-refractivity contribution in [3.63, 3.8) is 0 Å². The number of esters is 1. The maximum atomic E-state index is 12.6. The summed E-state index contributed by atoms with van der Waals surface area (Å²) in [6.07, 6.45) is 0.0646. The first-order valence-electron chi connectivity index (χ1n) is 7.31. The van der Waals surface area contributed by atoms with E-state index >= 15 is 0 Å². The summed E-state index contributed by atoms with van der Waals surface area (Å²) in [6, 6.07) is 0. The standard InChI is InChI=1S/C14H20F3NO7S/c1-12(2,3)24-11(20)18-7-6-9(13(4,8-18)10(19)23-5)25-26(21,22)14(15,16)17/h6H,7-8H2,1-5H3. The molecule has 0 aromatic heterocycles. The second-order valence-electron chi connectivity index (χ2n) is 6.74. The van der Waals surface area contributed by atoms with Crippen LogP contribution in [-0.2, 0) is 28.6 Å². The largest absolute Gasteiger partial charge is 0.534 e. The number of alkyl halides is 3. The molecule has 26 heavy (non-hydrogen) atoms. The molecule has 1 aliphatic heterocycles. The van der Waals surface area contributed by atoms with Crippen molar-refractivity contribution in [1.29, 1.82) is 0 Å². The van der Waals surface area contributed by atoms with Crippen molar-refractivity contribution in [2.45, 2.75) is 38.8 Å². The summed E-state index contributed by atoms with van der Waals surface area (Å²) in [5.41, 5.74) is -8.49. The minimum Gasteiger partial charge on any atom is -0.468 e. The van der Waals surface area contributed by atoms with Crippen molar-refractivity contribution in [2.24, 2.45) is 5.41 Å². The summed E-state index contributed by atoms with van der Waals surface area (Å²) >= 11 is 0. The number of amides is 1. The number of halogens is 3. The number of hydrogen-bond donors (Lipinski definition) is 0. The van der Waals surface area contributed by atoms with E-state index in [4.69, 9.17) is 4.74 Å². The van der Waals surface area contributed by atoms with Crippen LogP contribution < -0.4 is 0 Å². The first-order valence-corrected chi connectivity index (χ1v) is 8.72. The van der Waals surface area contributed by atoms with Crippen molar-refractivity contribution >= 4 is 22.2 Å². The van der Waals surface area contributed by atoms with Crippen LogP contribution in [0.2, 0.25) is 0 Å². The van der Waals surface area contributed by atoms with Gasteiger partial charge in [0.1, 0.15) is 16.8 Å². The zero-order valence-electron chi connectivity index (χ0n) is 14.8. The molecule has 0 spiro atoms. The van der Waals surface area contributed by atoms with Gasteiger partial charge in [-0.05, 0) is 33.8 Å². The van der Waals surface area contributed by atoms with Gasteiger partial charge in [0.05, 0.1) is 7.11 Å². The number of hydrogen-bond acceptors (Lipinski definition) is 7. The van der Waals surface area contributed by atoms with Gasteiger partial charge < -0.3 is 18.6 Å². The van der Waals surface area contributed by atoms with Crippen LogP contribution in [0.1, 0.15) is 27.7 Å². The zero-order chi connectivity index (χ0) is 20.6. The minimum absolute atomic E-state index is 0.315. The van der Waals surface area contributed by atoms with Gasteiger partial charge in [-0.2, -0.15) is 21.6 Å². The van der Waals surface area contributed by atoms with E-state index in [9.17, 15) is 31.2 Å². The van der Waals surface area contributed by atoms with Crippen molar-refractivity contribution in [2.75, 3.05) is 20.2 Å². The molecular weight excluding hydrogens is 383 g/mol. The average molecular weight is 403 g/mol. The Labute approximate surface area is 149 Å². The lowest BCUT2D eigenvalue weighted by Crippen LogP contribution is -2.51. The second kappa shape index (κ2) is 6.97. The van der Waals surface area contributed by atoms with Crippen LogP contribution in [0.3, 0.4) is 0 Å². The monoisotopic (exact) mass is 403 g/mol. The highest BCUT2D eigenvalue weighted by Gasteiger charge is 2.53. The lowest BCUT2D eigenvalue weighted by Gasteiger charge is -2.38. The molecule has 150 valence electrons. The summed E-state index contributed by atoms with van der Waals surface area (Å²) in [6.45, 7) is 5.11. The third kappa shape index (κ3) is 4.80. The highest BCUT2D eigenvalue weighted by Crippen LogP contribution is 2.38. The molecule has 0 radical (unpaired) electrons. The molecule has 1 rings (SSSR count). The van der Waals surface area contributed by atoms with Gasteiger partial charge in [-0.15, -0.1) is 0 Å². The van der Waals surface area contributed by atoms with E-state index in [1.807, 2.05) is 0 Å². The van der Waals surface area contributed by atoms with Crippen LogP contribution in [0.15, 0.2) is 11.8 Å². The van der Waals surface area contributed by atoms with Crippen molar-refractivity contribution in [3.05, 3.63) is 11.8 Å². The molecule has 0 aromatic carbocycles. The summed E-state index contributed by atoms with van der Waals surface area (Å²) in [5.74, 6) is -1.85. The molecule has 12 heteroatoms. The van der Waals surface area contributed by atoms with Gasteiger partial charge in [-0.3, -0.25) is 4.79 Å². The Morgan fingerprint density at radius 1 is 1.23 bits per heavy atom. The Bertz CT molecular complexity index is 709. The van der Waals surface area contributed by atoms with Crippen LogP contribution in [-0.4, -0.2) is 56.7 Å². The molecule has 1 heterocycles. The van der Waals surface area contributed by atoms with E-state index in [1.54, 1.807) is 20.8 Å². The molecular formula is C14H20F3NO7S. The molecule has 0 aromatic rings. The molecule has 1 atom stereocenters. The predicted octanol–water partition coefficient (Wildman–Crippen LogP) is 2.17. The van der Waals surface area contributed by atoms with Crippen LogP contribution in [0.4, 0.5) is 18.0 Å². The van der Waals surface area contributed by atoms with E-state index in [0.717, 1.165) is 25.0 Å². The Balaban J connectivity index is 3.22. The van der Waals surface area contributed by atoms with E-state index in [0.29, 0.717) is 0 Å². The summed E-state index contributed by atoms with van der Waals surface area (Å²) in [7, 11) is -5.02. The second-order valence-corrected chi connectivity index (χ2v) is 8.27. The molecule has 1 aliphatic rings. The summed E-state index contributed by atoms with van der Waals surface area (Å²) < 4.78 is 74.1. The van der Waals surface area contributed by atoms with Crippen molar-refractivity contribution < 1.29 is 44.8 Å². The van der Waals surface area contributed by atoms with Gasteiger partial charge in [0.2, 0.25) is 0 Å². The van der Waals surface area contributed by atoms with Crippen LogP contribution in [0.25, 0.3) is 0 Å². The smallest absolute Gasteiger partial charge is 0.468 e. The van der Waals surface area contributed by atoms with Gasteiger partial charge in [0, 0.05) is 13.1 Å². The van der Waals surface area contributed by atoms with Gasteiger partial charge >= 0.3 is 27.7 Å². The van der Waals surface area contributed by atoms with E-state index in [-0.39, 0.29) is 6.54 Å². The summed E-state index contributed by atoms with van der Waals surface area (Å²) in [5, 5.41) is 0. The fourth-order valence-corrected chi connectivity index (χ4v) is 2.67. The Morgan fingerprint density at radius 2 is 1.77 bits per heavy atom. The van der Waals surface area contributed by atoms with Crippen molar-refractivity contribution in [3.8, 4) is 0 Å². The van der Waals surface area contributed by atoms with Crippen molar-refractivity contribution in [1.82, 2.24) is 4.90 Å². The zero-order valence-corrected chi connectivity index (χ0v) is 15.7. The number of methoxy groups -OCH3 is 1. The molecule has 8 nitrogen and oxygen atoms in total. The number of nitrogens with zero attached hydrogens (tertiary/aromatic N) is 1. The highest BCUT2D eigenvalue weighted by atomic mass is 32.2. The molecule has 0 N–H and O–H groups in total. The average Bonchev–Trinajstić information content (AvgIpc) is 2.45. The molecule has 0 aliphatic carbocycles. The topological polar surface area (TPSA) is 99.2 Å². The number of ether oxygens (including phenoxy) is 2. The lowest BCUT2D eigenvalue weighted by molar-refractivity contribution is -0.152. The Morgan fingerprint density at radius 3 is 2.19 bits per heavy atom. The minimum atomic E-state index is -5.99. The maximum absolute atomic E-state index is 12.6. The summed E-state index contributed by atoms with van der Waals surface area (Å²) in [4.78, 5) is 25.3. The number of rotatable bonds is 3. The molecule has 0 saturated heterocycles. The Kier molecular flexibility index (Phi) is 5.91. The molecule has 0 bridgehead atoms. The quantitative estimate of drug-likeness (QED) is 0.404. The van der Waals surface area contributed by atoms with E-state index < -0.39 is 51.0 Å². The van der Waals surface area contributed by atoms with Crippen LogP contribution >= 0.6 is 0 Å². The van der Waals surface area contributed by atoms with Gasteiger partial charge in [-0.25, -0.2) is 4.79 Å². The molecule has 1 amide bonds. The van der Waals surface area contributed by atoms with Gasteiger partial charge in [0.25, 0.3) is 0 Å². The maximum Gasteiger partial charge on any atom is 0.534 e. The Hall–Kier alpha value is -1.98. The molecule has 0 fully saturated rings. The van der Waals surface area contributed by atoms with Gasteiger partial charge in [0.15, 0.2) is 0 Å². The highest BCUT2D eigenvalue weighted by molar-refractivity contribution is 7.87. The van der Waals surface area contributed by atoms with E-state index in [1.165, 1.54) is 0 Å². The normalized spacial score (nSPS) is 21.7. The van der Waals surface area contributed by atoms with Gasteiger partial charge in [-0.1, -0.05) is 0 Å². The third-order valence-corrected chi connectivity index (χ3v) is 4.28.